The first-order valence-electron chi connectivity index (χ1n) is 6.29. The van der Waals surface area contributed by atoms with Crippen molar-refractivity contribution in [3.05, 3.63) is 30.1 Å². The van der Waals surface area contributed by atoms with Gasteiger partial charge in [0.1, 0.15) is 5.82 Å². The quantitative estimate of drug-likeness (QED) is 0.770. The molecule has 1 fully saturated rings. The molecular formula is C13H18FNO2S. The van der Waals surface area contributed by atoms with Crippen LogP contribution in [0.1, 0.15) is 19.3 Å². The average molecular weight is 271 g/mol. The highest BCUT2D eigenvalue weighted by Gasteiger charge is 2.16. The number of hydrogen-bond acceptors (Lipinski definition) is 3. The summed E-state index contributed by atoms with van der Waals surface area (Å²) in [7, 11) is -3.26. The molecule has 0 spiro atoms. The molecule has 1 saturated heterocycles. The van der Waals surface area contributed by atoms with E-state index in [0.717, 1.165) is 19.6 Å². The number of sulfone groups is 1. The normalized spacial score (nSPS) is 17.2. The maximum absolute atomic E-state index is 12.7. The molecule has 0 unspecified atom stereocenters. The first-order chi connectivity index (χ1) is 8.58. The van der Waals surface area contributed by atoms with E-state index < -0.39 is 15.7 Å². The van der Waals surface area contributed by atoms with E-state index in [2.05, 4.69) is 4.90 Å². The lowest BCUT2D eigenvalue weighted by Gasteiger charge is -2.14. The molecule has 0 amide bonds. The molecule has 0 radical (unpaired) electrons. The summed E-state index contributed by atoms with van der Waals surface area (Å²) in [5, 5.41) is 0. The predicted octanol–water partition coefficient (Wildman–Crippen LogP) is 2.09. The molecule has 2 rings (SSSR count). The second kappa shape index (κ2) is 5.80. The molecule has 0 atom stereocenters. The SMILES string of the molecule is O=S(=O)(CCCN1CCCC1)c1ccc(F)cc1. The fraction of sp³-hybridized carbons (Fsp3) is 0.538. The molecule has 1 aromatic carbocycles. The summed E-state index contributed by atoms with van der Waals surface area (Å²) in [5.74, 6) is -0.277. The summed E-state index contributed by atoms with van der Waals surface area (Å²) < 4.78 is 36.7. The highest BCUT2D eigenvalue weighted by molar-refractivity contribution is 7.91. The van der Waals surface area contributed by atoms with Gasteiger partial charge < -0.3 is 4.90 Å². The van der Waals surface area contributed by atoms with Gasteiger partial charge in [-0.1, -0.05) is 0 Å². The maximum atomic E-state index is 12.7. The minimum atomic E-state index is -3.26. The van der Waals surface area contributed by atoms with Gasteiger partial charge >= 0.3 is 0 Å². The van der Waals surface area contributed by atoms with Gasteiger partial charge in [0.25, 0.3) is 0 Å². The van der Waals surface area contributed by atoms with Crippen molar-refractivity contribution in [2.45, 2.75) is 24.2 Å². The van der Waals surface area contributed by atoms with Gasteiger partial charge in [-0.3, -0.25) is 0 Å². The zero-order valence-corrected chi connectivity index (χ0v) is 11.1. The van der Waals surface area contributed by atoms with Crippen LogP contribution in [0.2, 0.25) is 0 Å². The Balaban J connectivity index is 1.88. The summed E-state index contributed by atoms with van der Waals surface area (Å²) in [6.45, 7) is 2.99. The van der Waals surface area contributed by atoms with Crippen LogP contribution in [0, 0.1) is 5.82 Å². The Morgan fingerprint density at radius 3 is 2.33 bits per heavy atom. The minimum Gasteiger partial charge on any atom is -0.303 e. The van der Waals surface area contributed by atoms with Crippen molar-refractivity contribution >= 4 is 9.84 Å². The molecule has 0 saturated carbocycles. The lowest BCUT2D eigenvalue weighted by Crippen LogP contribution is -2.22. The van der Waals surface area contributed by atoms with Gasteiger partial charge in [-0.25, -0.2) is 12.8 Å². The minimum absolute atomic E-state index is 0.134. The highest BCUT2D eigenvalue weighted by atomic mass is 32.2. The maximum Gasteiger partial charge on any atom is 0.178 e. The smallest absolute Gasteiger partial charge is 0.178 e. The molecule has 3 nitrogen and oxygen atoms in total. The Morgan fingerprint density at radius 1 is 1.11 bits per heavy atom. The number of hydrogen-bond donors (Lipinski definition) is 0. The molecule has 1 aliphatic rings. The third kappa shape index (κ3) is 3.53. The van der Waals surface area contributed by atoms with Crippen molar-refractivity contribution in [1.29, 1.82) is 0 Å². The lowest BCUT2D eigenvalue weighted by molar-refractivity contribution is 0.340. The van der Waals surface area contributed by atoms with Gasteiger partial charge in [0.2, 0.25) is 0 Å². The molecule has 1 heterocycles. The van der Waals surface area contributed by atoms with Crippen molar-refractivity contribution in [3.8, 4) is 0 Å². The van der Waals surface area contributed by atoms with E-state index in [-0.39, 0.29) is 10.6 Å². The van der Waals surface area contributed by atoms with E-state index in [4.69, 9.17) is 0 Å². The zero-order chi connectivity index (χ0) is 13.0. The number of rotatable bonds is 5. The number of benzene rings is 1. The third-order valence-electron chi connectivity index (χ3n) is 3.26. The van der Waals surface area contributed by atoms with Crippen LogP contribution in [0.3, 0.4) is 0 Å². The Morgan fingerprint density at radius 2 is 1.72 bits per heavy atom. The second-order valence-electron chi connectivity index (χ2n) is 4.68. The molecule has 1 aliphatic heterocycles. The van der Waals surface area contributed by atoms with E-state index >= 15 is 0 Å². The van der Waals surface area contributed by atoms with Gasteiger partial charge in [0, 0.05) is 0 Å². The number of halogens is 1. The fourth-order valence-corrected chi connectivity index (χ4v) is 3.54. The first kappa shape index (κ1) is 13.5. The molecule has 0 aromatic heterocycles. The molecule has 0 aliphatic carbocycles. The van der Waals surface area contributed by atoms with Gasteiger partial charge in [0.15, 0.2) is 9.84 Å². The van der Waals surface area contributed by atoms with E-state index in [1.165, 1.54) is 37.1 Å². The van der Waals surface area contributed by atoms with Crippen molar-refractivity contribution in [3.63, 3.8) is 0 Å². The van der Waals surface area contributed by atoms with Crippen molar-refractivity contribution < 1.29 is 12.8 Å². The average Bonchev–Trinajstić information content (AvgIpc) is 2.82. The van der Waals surface area contributed by atoms with E-state index in [0.29, 0.717) is 6.42 Å². The second-order valence-corrected chi connectivity index (χ2v) is 6.78. The summed E-state index contributed by atoms with van der Waals surface area (Å²) >= 11 is 0. The lowest BCUT2D eigenvalue weighted by atomic mass is 10.4. The topological polar surface area (TPSA) is 37.4 Å². The van der Waals surface area contributed by atoms with Crippen LogP contribution in [0.15, 0.2) is 29.2 Å². The van der Waals surface area contributed by atoms with Gasteiger partial charge in [0.05, 0.1) is 10.6 Å². The van der Waals surface area contributed by atoms with Crippen LogP contribution in [-0.2, 0) is 9.84 Å². The van der Waals surface area contributed by atoms with Crippen molar-refractivity contribution in [2.24, 2.45) is 0 Å². The first-order valence-corrected chi connectivity index (χ1v) is 7.94. The van der Waals surface area contributed by atoms with Gasteiger partial charge in [-0.2, -0.15) is 0 Å². The molecule has 1 aromatic rings. The third-order valence-corrected chi connectivity index (χ3v) is 5.08. The van der Waals surface area contributed by atoms with Crippen LogP contribution in [-0.4, -0.2) is 38.7 Å². The summed E-state index contributed by atoms with van der Waals surface area (Å²) in [6.07, 6.45) is 3.06. The largest absolute Gasteiger partial charge is 0.303 e. The van der Waals surface area contributed by atoms with Crippen LogP contribution >= 0.6 is 0 Å². The molecule has 0 N–H and O–H groups in total. The summed E-state index contributed by atoms with van der Waals surface area (Å²) in [5.41, 5.74) is 0. The monoisotopic (exact) mass is 271 g/mol. The van der Waals surface area contributed by atoms with Gasteiger partial charge in [-0.15, -0.1) is 0 Å². The molecule has 18 heavy (non-hydrogen) atoms. The number of nitrogens with zero attached hydrogens (tertiary/aromatic N) is 1. The molecule has 100 valence electrons. The molecular weight excluding hydrogens is 253 g/mol. The zero-order valence-electron chi connectivity index (χ0n) is 10.3. The Bertz CT molecular complexity index is 478. The Labute approximate surface area is 108 Å². The van der Waals surface area contributed by atoms with E-state index in [1.807, 2.05) is 0 Å². The standard InChI is InChI=1S/C13H18FNO2S/c14-12-4-6-13(7-5-12)18(16,17)11-3-10-15-8-1-2-9-15/h4-7H,1-3,8-11H2. The van der Waals surface area contributed by atoms with Crippen LogP contribution in [0.25, 0.3) is 0 Å². The molecule has 5 heteroatoms. The van der Waals surface area contributed by atoms with Crippen LogP contribution in [0.4, 0.5) is 4.39 Å². The van der Waals surface area contributed by atoms with Crippen molar-refractivity contribution in [2.75, 3.05) is 25.4 Å². The summed E-state index contributed by atoms with van der Waals surface area (Å²) in [6, 6.07) is 5.04. The molecule has 0 bridgehead atoms. The van der Waals surface area contributed by atoms with Crippen LogP contribution < -0.4 is 0 Å². The summed E-state index contributed by atoms with van der Waals surface area (Å²) in [4.78, 5) is 2.51. The van der Waals surface area contributed by atoms with Gasteiger partial charge in [-0.05, 0) is 63.2 Å². The van der Waals surface area contributed by atoms with Crippen molar-refractivity contribution in [1.82, 2.24) is 4.90 Å². The Kier molecular flexibility index (Phi) is 4.35. The number of likely N-dealkylation sites (tertiary alicyclic amines) is 1. The predicted molar refractivity (Wildman–Crippen MR) is 68.7 cm³/mol. The fourth-order valence-electron chi connectivity index (χ4n) is 2.24. The highest BCUT2D eigenvalue weighted by Crippen LogP contribution is 2.14. The Hall–Kier alpha value is -0.940. The van der Waals surface area contributed by atoms with Crippen LogP contribution in [0.5, 0.6) is 0 Å². The van der Waals surface area contributed by atoms with E-state index in [1.54, 1.807) is 0 Å². The van der Waals surface area contributed by atoms with E-state index in [9.17, 15) is 12.8 Å².